The Morgan fingerprint density at radius 2 is 1.78 bits per heavy atom. The van der Waals surface area contributed by atoms with Crippen LogP contribution in [0, 0.1) is 0 Å². The van der Waals surface area contributed by atoms with Gasteiger partial charge in [0, 0.05) is 24.6 Å². The first-order chi connectivity index (χ1) is 11.1. The van der Waals surface area contributed by atoms with E-state index in [0.29, 0.717) is 18.7 Å². The van der Waals surface area contributed by atoms with E-state index in [1.54, 1.807) is 6.07 Å². The SMILES string of the molecule is CCCC(=O)c1ccc(NCc2ccc(COC(C)=O)o2)cc1. The minimum Gasteiger partial charge on any atom is -0.461 e. The number of ketones is 1. The summed E-state index contributed by atoms with van der Waals surface area (Å²) in [5.41, 5.74) is 1.65. The molecule has 1 heterocycles. The van der Waals surface area contributed by atoms with Crippen LogP contribution < -0.4 is 5.32 Å². The minimum absolute atomic E-state index is 0.142. The van der Waals surface area contributed by atoms with Crippen LogP contribution in [0.3, 0.4) is 0 Å². The minimum atomic E-state index is -0.334. The molecule has 0 aliphatic rings. The fourth-order valence-corrected chi connectivity index (χ4v) is 2.10. The molecule has 0 unspecified atom stereocenters. The van der Waals surface area contributed by atoms with Gasteiger partial charge in [-0.1, -0.05) is 6.92 Å². The van der Waals surface area contributed by atoms with Crippen LogP contribution in [0.2, 0.25) is 0 Å². The molecule has 23 heavy (non-hydrogen) atoms. The molecular formula is C18H21NO4. The lowest BCUT2D eigenvalue weighted by Crippen LogP contribution is -2.01. The van der Waals surface area contributed by atoms with Crippen molar-refractivity contribution in [1.29, 1.82) is 0 Å². The monoisotopic (exact) mass is 315 g/mol. The average molecular weight is 315 g/mol. The molecule has 2 aromatic rings. The van der Waals surface area contributed by atoms with Gasteiger partial charge >= 0.3 is 5.97 Å². The number of nitrogens with one attached hydrogen (secondary N) is 1. The van der Waals surface area contributed by atoms with Gasteiger partial charge in [0.1, 0.15) is 18.1 Å². The number of benzene rings is 1. The normalized spacial score (nSPS) is 10.3. The van der Waals surface area contributed by atoms with Crippen molar-refractivity contribution in [2.75, 3.05) is 5.32 Å². The molecule has 0 saturated carbocycles. The predicted octanol–water partition coefficient (Wildman–Crippen LogP) is 3.94. The van der Waals surface area contributed by atoms with Crippen LogP contribution >= 0.6 is 0 Å². The highest BCUT2D eigenvalue weighted by Crippen LogP contribution is 2.15. The number of anilines is 1. The molecule has 0 bridgehead atoms. The second kappa shape index (κ2) is 8.17. The van der Waals surface area contributed by atoms with Crippen molar-refractivity contribution in [2.24, 2.45) is 0 Å². The van der Waals surface area contributed by atoms with E-state index in [9.17, 15) is 9.59 Å². The molecule has 0 amide bonds. The third-order valence-corrected chi connectivity index (χ3v) is 3.29. The molecule has 122 valence electrons. The summed E-state index contributed by atoms with van der Waals surface area (Å²) in [6.07, 6.45) is 1.43. The standard InChI is InChI=1S/C18H21NO4/c1-3-4-18(21)14-5-7-15(8-6-14)19-11-16-9-10-17(23-16)12-22-13(2)20/h5-10,19H,3-4,11-12H2,1-2H3. The van der Waals surface area contributed by atoms with E-state index in [1.807, 2.05) is 37.3 Å². The first-order valence-corrected chi connectivity index (χ1v) is 7.66. The third kappa shape index (κ3) is 5.29. The van der Waals surface area contributed by atoms with Gasteiger partial charge in [0.25, 0.3) is 0 Å². The van der Waals surface area contributed by atoms with Gasteiger partial charge in [0.15, 0.2) is 5.78 Å². The number of ether oxygens (including phenoxy) is 1. The maximum absolute atomic E-state index is 11.8. The molecule has 0 fully saturated rings. The Morgan fingerprint density at radius 3 is 2.43 bits per heavy atom. The van der Waals surface area contributed by atoms with Crippen molar-refractivity contribution >= 4 is 17.4 Å². The summed E-state index contributed by atoms with van der Waals surface area (Å²) in [7, 11) is 0. The fourth-order valence-electron chi connectivity index (χ4n) is 2.10. The smallest absolute Gasteiger partial charge is 0.303 e. The largest absolute Gasteiger partial charge is 0.461 e. The third-order valence-electron chi connectivity index (χ3n) is 3.29. The van der Waals surface area contributed by atoms with E-state index in [-0.39, 0.29) is 18.4 Å². The highest BCUT2D eigenvalue weighted by molar-refractivity contribution is 5.96. The van der Waals surface area contributed by atoms with Gasteiger partial charge in [0.2, 0.25) is 0 Å². The van der Waals surface area contributed by atoms with Crippen molar-refractivity contribution in [3.05, 3.63) is 53.5 Å². The number of carbonyl (C=O) groups is 2. The van der Waals surface area contributed by atoms with Crippen LogP contribution in [-0.4, -0.2) is 11.8 Å². The number of esters is 1. The van der Waals surface area contributed by atoms with Gasteiger partial charge in [-0.05, 0) is 42.8 Å². The second-order valence-corrected chi connectivity index (χ2v) is 5.25. The lowest BCUT2D eigenvalue weighted by molar-refractivity contribution is -0.142. The second-order valence-electron chi connectivity index (χ2n) is 5.25. The van der Waals surface area contributed by atoms with Gasteiger partial charge in [-0.25, -0.2) is 0 Å². The maximum atomic E-state index is 11.8. The summed E-state index contributed by atoms with van der Waals surface area (Å²) >= 11 is 0. The number of Topliss-reactive ketones (excluding diaryl/α,β-unsaturated/α-hetero) is 1. The predicted molar refractivity (Wildman–Crippen MR) is 87.2 cm³/mol. The average Bonchev–Trinajstić information content (AvgIpc) is 2.99. The number of rotatable bonds is 8. The molecule has 1 N–H and O–H groups in total. The molecule has 0 aliphatic carbocycles. The van der Waals surface area contributed by atoms with Gasteiger partial charge in [-0.3, -0.25) is 9.59 Å². The van der Waals surface area contributed by atoms with E-state index in [1.165, 1.54) is 6.92 Å². The van der Waals surface area contributed by atoms with Crippen molar-refractivity contribution in [2.45, 2.75) is 39.8 Å². The van der Waals surface area contributed by atoms with Crippen LogP contribution in [0.15, 0.2) is 40.8 Å². The molecule has 1 aromatic heterocycles. The molecule has 2 rings (SSSR count). The van der Waals surface area contributed by atoms with Gasteiger partial charge in [-0.15, -0.1) is 0 Å². The van der Waals surface area contributed by atoms with Crippen LogP contribution in [0.4, 0.5) is 5.69 Å². The zero-order chi connectivity index (χ0) is 16.7. The summed E-state index contributed by atoms with van der Waals surface area (Å²) in [4.78, 5) is 22.5. The first-order valence-electron chi connectivity index (χ1n) is 7.66. The summed E-state index contributed by atoms with van der Waals surface area (Å²) in [5, 5.41) is 3.22. The summed E-state index contributed by atoms with van der Waals surface area (Å²) in [6, 6.07) is 11.0. The van der Waals surface area contributed by atoms with Crippen molar-refractivity contribution in [3.63, 3.8) is 0 Å². The Morgan fingerprint density at radius 1 is 1.09 bits per heavy atom. The van der Waals surface area contributed by atoms with Gasteiger partial charge in [-0.2, -0.15) is 0 Å². The van der Waals surface area contributed by atoms with Crippen molar-refractivity contribution in [3.8, 4) is 0 Å². The summed E-state index contributed by atoms with van der Waals surface area (Å²) < 4.78 is 10.4. The number of carbonyl (C=O) groups excluding carboxylic acids is 2. The molecule has 0 saturated heterocycles. The van der Waals surface area contributed by atoms with Crippen LogP contribution in [0.5, 0.6) is 0 Å². The summed E-state index contributed by atoms with van der Waals surface area (Å²) in [6.45, 7) is 4.01. The Balaban J connectivity index is 1.86. The van der Waals surface area contributed by atoms with Crippen LogP contribution in [0.1, 0.15) is 48.6 Å². The lowest BCUT2D eigenvalue weighted by atomic mass is 10.1. The zero-order valence-corrected chi connectivity index (χ0v) is 13.4. The molecule has 0 atom stereocenters. The van der Waals surface area contributed by atoms with E-state index in [2.05, 4.69) is 5.32 Å². The highest BCUT2D eigenvalue weighted by Gasteiger charge is 2.06. The van der Waals surface area contributed by atoms with E-state index in [4.69, 9.17) is 9.15 Å². The topological polar surface area (TPSA) is 68.5 Å². The number of furan rings is 1. The molecule has 0 aliphatic heterocycles. The number of hydrogen-bond donors (Lipinski definition) is 1. The number of hydrogen-bond acceptors (Lipinski definition) is 5. The molecule has 0 spiro atoms. The van der Waals surface area contributed by atoms with Gasteiger partial charge in [0.05, 0.1) is 6.54 Å². The van der Waals surface area contributed by atoms with Crippen LogP contribution in [0.25, 0.3) is 0 Å². The Hall–Kier alpha value is -2.56. The Labute approximate surface area is 135 Å². The van der Waals surface area contributed by atoms with Crippen molar-refractivity contribution < 1.29 is 18.7 Å². The van der Waals surface area contributed by atoms with E-state index in [0.717, 1.165) is 23.4 Å². The molecule has 5 heteroatoms. The van der Waals surface area contributed by atoms with E-state index < -0.39 is 0 Å². The van der Waals surface area contributed by atoms with E-state index >= 15 is 0 Å². The lowest BCUT2D eigenvalue weighted by Gasteiger charge is -2.06. The molecule has 0 radical (unpaired) electrons. The maximum Gasteiger partial charge on any atom is 0.303 e. The van der Waals surface area contributed by atoms with Crippen molar-refractivity contribution in [1.82, 2.24) is 0 Å². The zero-order valence-electron chi connectivity index (χ0n) is 13.4. The Kier molecular flexibility index (Phi) is 5.97. The quantitative estimate of drug-likeness (QED) is 0.590. The fraction of sp³-hybridized carbons (Fsp3) is 0.333. The molecule has 1 aromatic carbocycles. The Bertz CT molecular complexity index is 658. The summed E-state index contributed by atoms with van der Waals surface area (Å²) in [5.74, 6) is 1.19. The molecule has 5 nitrogen and oxygen atoms in total. The highest BCUT2D eigenvalue weighted by atomic mass is 16.5. The first kappa shape index (κ1) is 16.8. The molecular weight excluding hydrogens is 294 g/mol. The van der Waals surface area contributed by atoms with Gasteiger partial charge < -0.3 is 14.5 Å². The van der Waals surface area contributed by atoms with Crippen LogP contribution in [-0.2, 0) is 22.7 Å².